The van der Waals surface area contributed by atoms with Crippen molar-refractivity contribution in [2.45, 2.75) is 19.6 Å². The molecule has 0 spiro atoms. The molecule has 1 aliphatic rings. The number of rotatable bonds is 3. The molecular formula is C18H18ClF3N6. The Hall–Kier alpha value is -2.39. The van der Waals surface area contributed by atoms with Gasteiger partial charge in [0.15, 0.2) is 0 Å². The fourth-order valence-electron chi connectivity index (χ4n) is 3.34. The number of fused-ring (bicyclic) bond motifs is 1. The van der Waals surface area contributed by atoms with Crippen LogP contribution in [0.1, 0.15) is 17.1 Å². The van der Waals surface area contributed by atoms with E-state index >= 15 is 0 Å². The average molecular weight is 411 g/mol. The number of piperazine rings is 1. The van der Waals surface area contributed by atoms with Gasteiger partial charge in [-0.05, 0) is 24.6 Å². The molecule has 0 saturated carbocycles. The molecule has 3 heterocycles. The molecule has 10 heteroatoms. The SMILES string of the molecule is Cc1cc(N2CCN(Cc3cccc(Cl)c3)CC2)n2nc(C(F)(F)F)nc2n1. The van der Waals surface area contributed by atoms with E-state index in [4.69, 9.17) is 11.6 Å². The predicted molar refractivity (Wildman–Crippen MR) is 99.5 cm³/mol. The highest BCUT2D eigenvalue weighted by molar-refractivity contribution is 6.30. The molecule has 6 nitrogen and oxygen atoms in total. The van der Waals surface area contributed by atoms with E-state index in [-0.39, 0.29) is 5.78 Å². The molecule has 0 amide bonds. The largest absolute Gasteiger partial charge is 0.453 e. The van der Waals surface area contributed by atoms with Crippen LogP contribution in [0.5, 0.6) is 0 Å². The van der Waals surface area contributed by atoms with Gasteiger partial charge >= 0.3 is 6.18 Å². The summed E-state index contributed by atoms with van der Waals surface area (Å²) in [6.07, 6.45) is -4.60. The van der Waals surface area contributed by atoms with E-state index in [1.54, 1.807) is 13.0 Å². The van der Waals surface area contributed by atoms with Crippen molar-refractivity contribution in [1.82, 2.24) is 24.5 Å². The minimum absolute atomic E-state index is 0.0383. The second-order valence-corrected chi connectivity index (χ2v) is 7.23. The quantitative estimate of drug-likeness (QED) is 0.662. The Bertz CT molecular complexity index is 995. The fourth-order valence-corrected chi connectivity index (χ4v) is 3.55. The number of nitrogens with zero attached hydrogens (tertiary/aromatic N) is 6. The van der Waals surface area contributed by atoms with Gasteiger partial charge in [-0.1, -0.05) is 23.7 Å². The number of benzene rings is 1. The van der Waals surface area contributed by atoms with E-state index in [1.807, 2.05) is 29.2 Å². The lowest BCUT2D eigenvalue weighted by atomic mass is 10.2. The van der Waals surface area contributed by atoms with Crippen molar-refractivity contribution < 1.29 is 13.2 Å². The maximum atomic E-state index is 13.0. The first-order chi connectivity index (χ1) is 13.3. The van der Waals surface area contributed by atoms with E-state index in [2.05, 4.69) is 20.0 Å². The Morgan fingerprint density at radius 3 is 2.50 bits per heavy atom. The lowest BCUT2D eigenvalue weighted by molar-refractivity contribution is -0.144. The molecule has 0 radical (unpaired) electrons. The Balaban J connectivity index is 1.52. The van der Waals surface area contributed by atoms with Gasteiger partial charge < -0.3 is 4.90 Å². The average Bonchev–Trinajstić information content (AvgIpc) is 3.06. The highest BCUT2D eigenvalue weighted by atomic mass is 35.5. The van der Waals surface area contributed by atoms with Crippen molar-refractivity contribution in [2.24, 2.45) is 0 Å². The van der Waals surface area contributed by atoms with Crippen LogP contribution in [0.25, 0.3) is 5.78 Å². The summed E-state index contributed by atoms with van der Waals surface area (Å²) in [6, 6.07) is 9.48. The van der Waals surface area contributed by atoms with Gasteiger partial charge in [-0.25, -0.2) is 4.98 Å². The van der Waals surface area contributed by atoms with Crippen LogP contribution in [0.2, 0.25) is 5.02 Å². The van der Waals surface area contributed by atoms with Gasteiger partial charge in [0, 0.05) is 49.5 Å². The van der Waals surface area contributed by atoms with Gasteiger partial charge in [0.05, 0.1) is 0 Å². The third kappa shape index (κ3) is 3.90. The summed E-state index contributed by atoms with van der Waals surface area (Å²) in [7, 11) is 0. The zero-order valence-electron chi connectivity index (χ0n) is 15.1. The van der Waals surface area contributed by atoms with Crippen LogP contribution in [-0.4, -0.2) is 50.7 Å². The number of alkyl halides is 3. The Morgan fingerprint density at radius 1 is 1.07 bits per heavy atom. The van der Waals surface area contributed by atoms with Crippen molar-refractivity contribution in [1.29, 1.82) is 0 Å². The van der Waals surface area contributed by atoms with Crippen molar-refractivity contribution >= 4 is 23.2 Å². The molecule has 1 saturated heterocycles. The topological polar surface area (TPSA) is 49.6 Å². The van der Waals surface area contributed by atoms with Crippen LogP contribution in [0, 0.1) is 6.92 Å². The molecule has 1 aromatic carbocycles. The first kappa shape index (κ1) is 18.9. The lowest BCUT2D eigenvalue weighted by Gasteiger charge is -2.36. The van der Waals surface area contributed by atoms with Gasteiger partial charge in [-0.3, -0.25) is 4.90 Å². The zero-order valence-corrected chi connectivity index (χ0v) is 15.9. The second kappa shape index (κ2) is 7.21. The molecule has 0 bridgehead atoms. The summed E-state index contributed by atoms with van der Waals surface area (Å²) in [5.74, 6) is -0.636. The number of hydrogen-bond acceptors (Lipinski definition) is 5. The summed E-state index contributed by atoms with van der Waals surface area (Å²) < 4.78 is 40.2. The van der Waals surface area contributed by atoms with Crippen molar-refractivity contribution in [3.8, 4) is 0 Å². The Labute approximate surface area is 164 Å². The third-order valence-corrected chi connectivity index (χ3v) is 4.90. The molecule has 0 unspecified atom stereocenters. The minimum atomic E-state index is -4.60. The first-order valence-electron chi connectivity index (χ1n) is 8.83. The van der Waals surface area contributed by atoms with Crippen LogP contribution in [0.3, 0.4) is 0 Å². The molecule has 148 valence electrons. The smallest absolute Gasteiger partial charge is 0.354 e. The molecule has 2 aromatic heterocycles. The summed E-state index contributed by atoms with van der Waals surface area (Å²) in [4.78, 5) is 11.9. The maximum Gasteiger partial charge on any atom is 0.453 e. The molecule has 0 atom stereocenters. The van der Waals surface area contributed by atoms with E-state index in [0.29, 0.717) is 29.6 Å². The van der Waals surface area contributed by atoms with Crippen molar-refractivity contribution in [2.75, 3.05) is 31.1 Å². The monoisotopic (exact) mass is 410 g/mol. The van der Waals surface area contributed by atoms with Crippen LogP contribution in [-0.2, 0) is 12.7 Å². The zero-order chi connectivity index (χ0) is 19.9. The molecule has 0 N–H and O–H groups in total. The molecule has 1 aliphatic heterocycles. The highest BCUT2D eigenvalue weighted by Crippen LogP contribution is 2.28. The third-order valence-electron chi connectivity index (χ3n) is 4.67. The molecule has 28 heavy (non-hydrogen) atoms. The number of aryl methyl sites for hydroxylation is 1. The fraction of sp³-hybridized carbons (Fsp3) is 0.389. The number of anilines is 1. The minimum Gasteiger partial charge on any atom is -0.354 e. The van der Waals surface area contributed by atoms with Gasteiger partial charge in [0.2, 0.25) is 0 Å². The maximum absolute atomic E-state index is 13.0. The second-order valence-electron chi connectivity index (χ2n) is 6.79. The van der Waals surface area contributed by atoms with E-state index < -0.39 is 12.0 Å². The van der Waals surface area contributed by atoms with Crippen LogP contribution >= 0.6 is 11.6 Å². The summed E-state index contributed by atoms with van der Waals surface area (Å²) in [5.41, 5.74) is 1.74. The lowest BCUT2D eigenvalue weighted by Crippen LogP contribution is -2.46. The van der Waals surface area contributed by atoms with Crippen LogP contribution < -0.4 is 4.90 Å². The molecular weight excluding hydrogens is 393 g/mol. The number of hydrogen-bond donors (Lipinski definition) is 0. The van der Waals surface area contributed by atoms with Gasteiger partial charge in [0.1, 0.15) is 5.82 Å². The number of halogens is 4. The predicted octanol–water partition coefficient (Wildman–Crippen LogP) is 3.43. The molecule has 1 fully saturated rings. The van der Waals surface area contributed by atoms with Gasteiger partial charge in [0.25, 0.3) is 11.6 Å². The summed E-state index contributed by atoms with van der Waals surface area (Å²) >= 11 is 6.04. The van der Waals surface area contributed by atoms with Gasteiger partial charge in [-0.15, -0.1) is 5.10 Å². The standard InChI is InChI=1S/C18H18ClF3N6/c1-12-9-15(28-17(23-12)24-16(25-28)18(20,21)22)27-7-5-26(6-8-27)11-13-3-2-4-14(19)10-13/h2-4,9-10H,5-8,11H2,1H3. The summed E-state index contributed by atoms with van der Waals surface area (Å²) in [6.45, 7) is 5.40. The van der Waals surface area contributed by atoms with Gasteiger partial charge in [-0.2, -0.15) is 22.7 Å². The highest BCUT2D eigenvalue weighted by Gasteiger charge is 2.37. The molecule has 4 rings (SSSR count). The number of aromatic nitrogens is 4. The van der Waals surface area contributed by atoms with Crippen molar-refractivity contribution in [3.63, 3.8) is 0 Å². The van der Waals surface area contributed by atoms with E-state index in [1.165, 1.54) is 4.52 Å². The molecule has 3 aromatic rings. The summed E-state index contributed by atoms with van der Waals surface area (Å²) in [5, 5.41) is 4.35. The van der Waals surface area contributed by atoms with Crippen LogP contribution in [0.15, 0.2) is 30.3 Å². The normalized spacial score (nSPS) is 16.1. The van der Waals surface area contributed by atoms with Crippen molar-refractivity contribution in [3.05, 3.63) is 52.4 Å². The van der Waals surface area contributed by atoms with E-state index in [9.17, 15) is 13.2 Å². The Morgan fingerprint density at radius 2 is 1.82 bits per heavy atom. The van der Waals surface area contributed by atoms with E-state index in [0.717, 1.165) is 25.2 Å². The Kier molecular flexibility index (Phi) is 4.88. The molecule has 0 aliphatic carbocycles. The van der Waals surface area contributed by atoms with Crippen LogP contribution in [0.4, 0.5) is 19.0 Å². The first-order valence-corrected chi connectivity index (χ1v) is 9.21.